The topological polar surface area (TPSA) is 32.6 Å². The van der Waals surface area contributed by atoms with E-state index < -0.39 is 11.7 Å². The molecule has 1 saturated carbocycles. The van der Waals surface area contributed by atoms with Crippen LogP contribution in [0, 0.1) is 0 Å². The first-order valence-corrected chi connectivity index (χ1v) is 7.42. The molecule has 1 aliphatic carbocycles. The molecule has 1 fully saturated rings. The van der Waals surface area contributed by atoms with Crippen LogP contribution in [-0.2, 0) is 6.18 Å². The molecular formula is C14H14F3NOS. The Hall–Kier alpha value is -1.01. The van der Waals surface area contributed by atoms with E-state index in [9.17, 15) is 18.3 Å². The van der Waals surface area contributed by atoms with Crippen molar-refractivity contribution in [2.24, 2.45) is 4.99 Å². The van der Waals surface area contributed by atoms with Crippen molar-refractivity contribution in [2.45, 2.75) is 42.8 Å². The first-order chi connectivity index (χ1) is 9.45. The molecule has 0 amide bonds. The Bertz CT molecular complexity index is 543. The molecule has 0 radical (unpaired) electrons. The third-order valence-electron chi connectivity index (χ3n) is 3.74. The van der Waals surface area contributed by atoms with Crippen LogP contribution in [0.4, 0.5) is 13.2 Å². The first-order valence-electron chi connectivity index (χ1n) is 6.54. The van der Waals surface area contributed by atoms with E-state index in [0.717, 1.165) is 12.5 Å². The summed E-state index contributed by atoms with van der Waals surface area (Å²) in [6.07, 6.45) is -2.68. The monoisotopic (exact) mass is 301 g/mol. The molecular weight excluding hydrogens is 287 g/mol. The van der Waals surface area contributed by atoms with Crippen LogP contribution in [0.5, 0.6) is 0 Å². The minimum absolute atomic E-state index is 0.0414. The summed E-state index contributed by atoms with van der Waals surface area (Å²) in [5.41, 5.74) is -0.473. The number of hydrogen-bond acceptors (Lipinski definition) is 3. The smallest absolute Gasteiger partial charge is 0.393 e. The van der Waals surface area contributed by atoms with Crippen LogP contribution in [0.15, 0.2) is 29.3 Å². The fourth-order valence-electron chi connectivity index (χ4n) is 2.74. The molecule has 0 saturated heterocycles. The van der Waals surface area contributed by atoms with Crippen LogP contribution in [0.1, 0.15) is 30.4 Å². The van der Waals surface area contributed by atoms with Crippen LogP contribution >= 0.6 is 11.8 Å². The van der Waals surface area contributed by atoms with E-state index in [2.05, 4.69) is 4.99 Å². The van der Waals surface area contributed by atoms with Crippen molar-refractivity contribution < 1.29 is 18.3 Å². The van der Waals surface area contributed by atoms with Gasteiger partial charge in [-0.15, -0.1) is 11.8 Å². The van der Waals surface area contributed by atoms with E-state index in [4.69, 9.17) is 0 Å². The Balaban J connectivity index is 1.92. The highest BCUT2D eigenvalue weighted by molar-refractivity contribution is 8.15. The van der Waals surface area contributed by atoms with Crippen molar-refractivity contribution >= 4 is 16.8 Å². The van der Waals surface area contributed by atoms with Gasteiger partial charge < -0.3 is 5.11 Å². The second kappa shape index (κ2) is 5.07. The highest BCUT2D eigenvalue weighted by atomic mass is 32.2. The predicted molar refractivity (Wildman–Crippen MR) is 73.0 cm³/mol. The molecule has 1 heterocycles. The molecule has 108 valence electrons. The normalized spacial score (nSPS) is 30.0. The fraction of sp³-hybridized carbons (Fsp3) is 0.500. The lowest BCUT2D eigenvalue weighted by Gasteiger charge is -2.26. The zero-order valence-electron chi connectivity index (χ0n) is 10.6. The third-order valence-corrected chi connectivity index (χ3v) is 5.10. The molecule has 2 aliphatic rings. The summed E-state index contributed by atoms with van der Waals surface area (Å²) in [7, 11) is 0. The summed E-state index contributed by atoms with van der Waals surface area (Å²) < 4.78 is 39.1. The fourth-order valence-corrected chi connectivity index (χ4v) is 4.20. The summed E-state index contributed by atoms with van der Waals surface area (Å²) in [5, 5.41) is 10.2. The average molecular weight is 301 g/mol. The van der Waals surface area contributed by atoms with Crippen LogP contribution in [0.25, 0.3) is 0 Å². The van der Waals surface area contributed by atoms with Crippen LogP contribution < -0.4 is 0 Å². The van der Waals surface area contributed by atoms with Gasteiger partial charge in [-0.3, -0.25) is 4.99 Å². The number of fused-ring (bicyclic) bond motifs is 1. The van der Waals surface area contributed by atoms with E-state index in [1.807, 2.05) is 0 Å². The standard InChI is InChI=1S/C14H14F3NOS/c15-14(16,17)10-4-2-1-3-9(10)13-18-11-6-5-8(19)7-12(11)20-13/h1-4,8,11-12,19H,5-7H2. The molecule has 3 atom stereocenters. The summed E-state index contributed by atoms with van der Waals surface area (Å²) >= 11 is 1.37. The maximum Gasteiger partial charge on any atom is 0.417 e. The maximum atomic E-state index is 13.0. The molecule has 1 aliphatic heterocycles. The number of halogens is 3. The molecule has 0 bridgehead atoms. The SMILES string of the molecule is OC1CCC2N=C(c3ccccc3C(F)(F)F)SC2C1. The van der Waals surface area contributed by atoms with Crippen LogP contribution in [-0.4, -0.2) is 27.5 Å². The largest absolute Gasteiger partial charge is 0.417 e. The molecule has 0 aromatic heterocycles. The van der Waals surface area contributed by atoms with E-state index in [-0.39, 0.29) is 23.0 Å². The minimum atomic E-state index is -4.37. The lowest BCUT2D eigenvalue weighted by molar-refractivity contribution is -0.137. The van der Waals surface area contributed by atoms with Crippen LogP contribution in [0.2, 0.25) is 0 Å². The van der Waals surface area contributed by atoms with Crippen molar-refractivity contribution in [2.75, 3.05) is 0 Å². The van der Waals surface area contributed by atoms with E-state index in [0.29, 0.717) is 17.9 Å². The number of benzene rings is 1. The average Bonchev–Trinajstić information content (AvgIpc) is 2.80. The quantitative estimate of drug-likeness (QED) is 0.861. The van der Waals surface area contributed by atoms with Crippen molar-refractivity contribution in [3.63, 3.8) is 0 Å². The van der Waals surface area contributed by atoms with Gasteiger partial charge in [0.15, 0.2) is 0 Å². The lowest BCUT2D eigenvalue weighted by Crippen LogP contribution is -2.30. The highest BCUT2D eigenvalue weighted by Crippen LogP contribution is 2.41. The molecule has 3 unspecified atom stereocenters. The summed E-state index contributed by atoms with van der Waals surface area (Å²) in [4.78, 5) is 4.46. The maximum absolute atomic E-state index is 13.0. The highest BCUT2D eigenvalue weighted by Gasteiger charge is 2.39. The lowest BCUT2D eigenvalue weighted by atomic mass is 9.93. The number of aliphatic imine (C=N–C) groups is 1. The molecule has 0 spiro atoms. The first kappa shape index (κ1) is 13.9. The Morgan fingerprint density at radius 2 is 1.95 bits per heavy atom. The zero-order chi connectivity index (χ0) is 14.3. The molecule has 1 aromatic carbocycles. The third kappa shape index (κ3) is 2.59. The van der Waals surface area contributed by atoms with Crippen LogP contribution in [0.3, 0.4) is 0 Å². The van der Waals surface area contributed by atoms with Crippen molar-refractivity contribution in [1.82, 2.24) is 0 Å². The minimum Gasteiger partial charge on any atom is -0.393 e. The van der Waals surface area contributed by atoms with Crippen molar-refractivity contribution in [3.8, 4) is 0 Å². The number of rotatable bonds is 1. The van der Waals surface area contributed by atoms with Gasteiger partial charge in [0.2, 0.25) is 0 Å². The number of hydrogen-bond donors (Lipinski definition) is 1. The Labute approximate surface area is 119 Å². The van der Waals surface area contributed by atoms with Gasteiger partial charge in [0, 0.05) is 10.8 Å². The molecule has 1 aromatic rings. The summed E-state index contributed by atoms with van der Waals surface area (Å²) in [6, 6.07) is 5.60. The molecule has 1 N–H and O–H groups in total. The van der Waals surface area contributed by atoms with Gasteiger partial charge in [0.05, 0.1) is 22.8 Å². The van der Waals surface area contributed by atoms with Gasteiger partial charge in [-0.25, -0.2) is 0 Å². The molecule has 6 heteroatoms. The van der Waals surface area contributed by atoms with Gasteiger partial charge in [-0.1, -0.05) is 18.2 Å². The van der Waals surface area contributed by atoms with Gasteiger partial charge in [0.1, 0.15) is 0 Å². The van der Waals surface area contributed by atoms with E-state index in [1.165, 1.54) is 23.9 Å². The number of thioether (sulfide) groups is 1. The second-order valence-electron chi connectivity index (χ2n) is 5.17. The summed E-state index contributed by atoms with van der Waals surface area (Å²) in [5.74, 6) is 0. The number of alkyl halides is 3. The number of aliphatic hydroxyl groups is 1. The molecule has 2 nitrogen and oxygen atoms in total. The summed E-state index contributed by atoms with van der Waals surface area (Å²) in [6.45, 7) is 0. The van der Waals surface area contributed by atoms with E-state index in [1.54, 1.807) is 6.07 Å². The van der Waals surface area contributed by atoms with Crippen molar-refractivity contribution in [1.29, 1.82) is 0 Å². The Morgan fingerprint density at radius 1 is 1.20 bits per heavy atom. The number of aliphatic hydroxyl groups excluding tert-OH is 1. The van der Waals surface area contributed by atoms with Gasteiger partial charge in [-0.05, 0) is 25.3 Å². The Kier molecular flexibility index (Phi) is 3.54. The zero-order valence-corrected chi connectivity index (χ0v) is 11.4. The molecule has 3 rings (SSSR count). The van der Waals surface area contributed by atoms with Crippen molar-refractivity contribution in [3.05, 3.63) is 35.4 Å². The van der Waals surface area contributed by atoms with E-state index >= 15 is 0 Å². The number of nitrogens with zero attached hydrogens (tertiary/aromatic N) is 1. The second-order valence-corrected chi connectivity index (χ2v) is 6.40. The van der Waals surface area contributed by atoms with Gasteiger partial charge in [0.25, 0.3) is 0 Å². The molecule has 20 heavy (non-hydrogen) atoms. The predicted octanol–water partition coefficient (Wildman–Crippen LogP) is 3.48. The van der Waals surface area contributed by atoms with Gasteiger partial charge >= 0.3 is 6.18 Å². The Morgan fingerprint density at radius 3 is 2.70 bits per heavy atom. The van der Waals surface area contributed by atoms with Gasteiger partial charge in [-0.2, -0.15) is 13.2 Å².